The van der Waals surface area contributed by atoms with Gasteiger partial charge in [0.05, 0.1) is 21.8 Å². The molecule has 0 aliphatic rings. The topological polar surface area (TPSA) is 60.2 Å². The quantitative estimate of drug-likeness (QED) is 0.641. The van der Waals surface area contributed by atoms with Crippen molar-refractivity contribution < 1.29 is 4.79 Å². The van der Waals surface area contributed by atoms with Gasteiger partial charge in [0, 0.05) is 23.7 Å². The number of carbonyl (C=O) groups is 1. The highest BCUT2D eigenvalue weighted by Crippen LogP contribution is 2.33. The molecular weight excluding hydrogens is 380 g/mol. The van der Waals surface area contributed by atoms with E-state index < -0.39 is 0 Å². The van der Waals surface area contributed by atoms with Crippen LogP contribution in [-0.2, 0) is 0 Å². The molecule has 2 aromatic carbocycles. The van der Waals surface area contributed by atoms with E-state index in [1.165, 1.54) is 11.3 Å². The van der Waals surface area contributed by atoms with E-state index in [0.29, 0.717) is 34.4 Å². The number of hydrogen-bond acceptors (Lipinski definition) is 5. The lowest BCUT2D eigenvalue weighted by Gasteiger charge is -2.22. The number of thiazole rings is 1. The van der Waals surface area contributed by atoms with Gasteiger partial charge in [-0.2, -0.15) is 5.26 Å². The largest absolute Gasteiger partial charge is 0.308 e. The van der Waals surface area contributed by atoms with E-state index in [1.54, 1.807) is 29.2 Å². The summed E-state index contributed by atoms with van der Waals surface area (Å²) < 4.78 is 0.956. The second kappa shape index (κ2) is 8.05. The van der Waals surface area contributed by atoms with Gasteiger partial charge >= 0.3 is 0 Å². The third-order valence-electron chi connectivity index (χ3n) is 4.15. The summed E-state index contributed by atoms with van der Waals surface area (Å²) in [6, 6.07) is 12.5. The molecule has 138 valence electrons. The number of halogens is 1. The van der Waals surface area contributed by atoms with Crippen LogP contribution in [0.3, 0.4) is 0 Å². The summed E-state index contributed by atoms with van der Waals surface area (Å²) in [5.74, 6) is -0.135. The lowest BCUT2D eigenvalue weighted by Crippen LogP contribution is -2.36. The van der Waals surface area contributed by atoms with E-state index in [4.69, 9.17) is 21.8 Å². The number of aromatic nitrogens is 1. The first-order chi connectivity index (χ1) is 12.9. The van der Waals surface area contributed by atoms with Crippen LogP contribution < -0.4 is 4.90 Å². The van der Waals surface area contributed by atoms with Crippen LogP contribution in [0.15, 0.2) is 36.4 Å². The molecule has 3 aromatic rings. The predicted molar refractivity (Wildman–Crippen MR) is 111 cm³/mol. The Morgan fingerprint density at radius 1 is 1.22 bits per heavy atom. The van der Waals surface area contributed by atoms with Crippen molar-refractivity contribution in [2.24, 2.45) is 0 Å². The van der Waals surface area contributed by atoms with Gasteiger partial charge in [-0.15, -0.1) is 0 Å². The fourth-order valence-corrected chi connectivity index (χ4v) is 4.13. The average molecular weight is 399 g/mol. The Balaban J connectivity index is 2.01. The second-order valence-corrected chi connectivity index (χ2v) is 7.96. The first-order valence-corrected chi connectivity index (χ1v) is 9.62. The molecule has 0 spiro atoms. The van der Waals surface area contributed by atoms with Gasteiger partial charge in [-0.3, -0.25) is 9.69 Å². The van der Waals surface area contributed by atoms with Crippen LogP contribution in [0.2, 0.25) is 5.02 Å². The molecule has 0 aliphatic heterocycles. The summed E-state index contributed by atoms with van der Waals surface area (Å²) >= 11 is 7.62. The van der Waals surface area contributed by atoms with E-state index in [2.05, 4.69) is 6.07 Å². The van der Waals surface area contributed by atoms with Gasteiger partial charge in [0.15, 0.2) is 5.13 Å². The Morgan fingerprint density at radius 2 is 1.93 bits per heavy atom. The van der Waals surface area contributed by atoms with Crippen molar-refractivity contribution in [2.75, 3.05) is 32.1 Å². The molecule has 7 heteroatoms. The number of likely N-dealkylation sites (N-methyl/N-ethyl adjacent to an activating group) is 1. The molecule has 3 rings (SSSR count). The van der Waals surface area contributed by atoms with Crippen molar-refractivity contribution in [3.8, 4) is 6.07 Å². The zero-order chi connectivity index (χ0) is 19.6. The van der Waals surface area contributed by atoms with Gasteiger partial charge in [0.25, 0.3) is 5.91 Å². The summed E-state index contributed by atoms with van der Waals surface area (Å²) in [6.45, 7) is 3.18. The summed E-state index contributed by atoms with van der Waals surface area (Å²) in [5, 5.41) is 10.3. The molecule has 0 aliphatic carbocycles. The van der Waals surface area contributed by atoms with Crippen molar-refractivity contribution in [1.82, 2.24) is 9.88 Å². The number of anilines is 1. The number of benzene rings is 2. The van der Waals surface area contributed by atoms with E-state index >= 15 is 0 Å². The van der Waals surface area contributed by atoms with Gasteiger partial charge in [-0.05, 0) is 63.0 Å². The second-order valence-electron chi connectivity index (χ2n) is 6.52. The number of carbonyl (C=O) groups excluding carboxylic acids is 1. The number of aryl methyl sites for hydroxylation is 1. The zero-order valence-corrected chi connectivity index (χ0v) is 16.9. The number of nitriles is 1. The minimum absolute atomic E-state index is 0.135. The van der Waals surface area contributed by atoms with Crippen LogP contribution in [-0.4, -0.2) is 43.0 Å². The molecule has 0 saturated heterocycles. The molecule has 0 radical (unpaired) electrons. The molecule has 0 bridgehead atoms. The van der Waals surface area contributed by atoms with Crippen molar-refractivity contribution >= 4 is 44.2 Å². The monoisotopic (exact) mass is 398 g/mol. The molecule has 0 N–H and O–H groups in total. The molecule has 0 unspecified atom stereocenters. The molecule has 0 fully saturated rings. The molecule has 1 aromatic heterocycles. The molecule has 1 amide bonds. The van der Waals surface area contributed by atoms with Gasteiger partial charge in [-0.25, -0.2) is 4.98 Å². The van der Waals surface area contributed by atoms with Crippen LogP contribution in [0.5, 0.6) is 0 Å². The highest BCUT2D eigenvalue weighted by Gasteiger charge is 2.22. The summed E-state index contributed by atoms with van der Waals surface area (Å²) in [6.07, 6.45) is 0. The minimum Gasteiger partial charge on any atom is -0.308 e. The Kier molecular flexibility index (Phi) is 5.76. The minimum atomic E-state index is -0.135. The van der Waals surface area contributed by atoms with E-state index in [0.717, 1.165) is 15.8 Å². The molecule has 27 heavy (non-hydrogen) atoms. The fourth-order valence-electron chi connectivity index (χ4n) is 2.69. The van der Waals surface area contributed by atoms with Gasteiger partial charge in [0.1, 0.15) is 0 Å². The summed E-state index contributed by atoms with van der Waals surface area (Å²) in [7, 11) is 3.93. The van der Waals surface area contributed by atoms with E-state index in [9.17, 15) is 4.79 Å². The van der Waals surface area contributed by atoms with E-state index in [-0.39, 0.29) is 5.91 Å². The number of hydrogen-bond donors (Lipinski definition) is 0. The third-order valence-corrected chi connectivity index (χ3v) is 5.39. The maximum Gasteiger partial charge on any atom is 0.260 e. The molecule has 1 heterocycles. The maximum absolute atomic E-state index is 13.2. The van der Waals surface area contributed by atoms with Gasteiger partial charge < -0.3 is 4.90 Å². The van der Waals surface area contributed by atoms with Crippen molar-refractivity contribution in [3.63, 3.8) is 0 Å². The Labute approximate surface area is 167 Å². The Morgan fingerprint density at radius 3 is 2.56 bits per heavy atom. The van der Waals surface area contributed by atoms with Crippen LogP contribution in [0.25, 0.3) is 10.2 Å². The predicted octanol–water partition coefficient (Wildman–Crippen LogP) is 4.34. The smallest absolute Gasteiger partial charge is 0.260 e. The first-order valence-electron chi connectivity index (χ1n) is 8.42. The Hall–Kier alpha value is -2.46. The zero-order valence-electron chi connectivity index (χ0n) is 15.4. The van der Waals surface area contributed by atoms with Crippen LogP contribution in [0.1, 0.15) is 21.5 Å². The van der Waals surface area contributed by atoms with Gasteiger partial charge in [0.2, 0.25) is 0 Å². The van der Waals surface area contributed by atoms with Crippen molar-refractivity contribution in [1.29, 1.82) is 5.26 Å². The van der Waals surface area contributed by atoms with Crippen LogP contribution in [0, 0.1) is 18.3 Å². The fraction of sp³-hybridized carbons (Fsp3) is 0.250. The number of rotatable bonds is 5. The average Bonchev–Trinajstić information content (AvgIpc) is 3.05. The SMILES string of the molecule is Cc1cc(Cl)cc2sc(N(CCN(C)C)C(=O)c3ccc(C#N)cc3)nc12. The summed E-state index contributed by atoms with van der Waals surface area (Å²) in [4.78, 5) is 21.6. The standard InChI is InChI=1S/C20H19ClN4OS/c1-13-10-16(21)11-17-18(13)23-20(27-17)25(9-8-24(2)3)19(26)15-6-4-14(12-22)5-7-15/h4-7,10-11H,8-9H2,1-3H3. The highest BCUT2D eigenvalue weighted by atomic mass is 35.5. The number of amides is 1. The Bertz CT molecular complexity index is 1020. The van der Waals surface area contributed by atoms with Gasteiger partial charge in [-0.1, -0.05) is 22.9 Å². The van der Waals surface area contributed by atoms with Crippen molar-refractivity contribution in [2.45, 2.75) is 6.92 Å². The molecule has 5 nitrogen and oxygen atoms in total. The summed E-state index contributed by atoms with van der Waals surface area (Å²) in [5.41, 5.74) is 2.90. The third kappa shape index (κ3) is 4.28. The molecule has 0 saturated carbocycles. The number of nitrogens with zero attached hydrogens (tertiary/aromatic N) is 4. The lowest BCUT2D eigenvalue weighted by atomic mass is 10.1. The number of fused-ring (bicyclic) bond motifs is 1. The maximum atomic E-state index is 13.2. The molecular formula is C20H19ClN4OS. The molecule has 0 atom stereocenters. The lowest BCUT2D eigenvalue weighted by molar-refractivity contribution is 0.0985. The first kappa shape index (κ1) is 19.3. The van der Waals surface area contributed by atoms with Crippen LogP contribution >= 0.6 is 22.9 Å². The van der Waals surface area contributed by atoms with E-state index in [1.807, 2.05) is 38.1 Å². The normalized spacial score (nSPS) is 11.0. The van der Waals surface area contributed by atoms with Crippen molar-refractivity contribution in [3.05, 3.63) is 58.1 Å². The van der Waals surface area contributed by atoms with Crippen LogP contribution in [0.4, 0.5) is 5.13 Å². The highest BCUT2D eigenvalue weighted by molar-refractivity contribution is 7.22.